The largest absolute Gasteiger partial charge is 0.271 e. The van der Waals surface area contributed by atoms with Crippen LogP contribution >= 0.6 is 15.9 Å². The number of rotatable bonds is 4. The van der Waals surface area contributed by atoms with Crippen molar-refractivity contribution in [3.63, 3.8) is 0 Å². The van der Waals surface area contributed by atoms with Crippen molar-refractivity contribution in [3.05, 3.63) is 69.2 Å². The van der Waals surface area contributed by atoms with Crippen molar-refractivity contribution in [2.24, 2.45) is 5.84 Å². The lowest BCUT2D eigenvalue weighted by Gasteiger charge is -2.18. The number of halogens is 3. The Hall–Kier alpha value is -1.30. The van der Waals surface area contributed by atoms with Crippen molar-refractivity contribution in [3.8, 4) is 0 Å². The van der Waals surface area contributed by atoms with Crippen LogP contribution in [-0.2, 0) is 6.42 Å². The van der Waals surface area contributed by atoms with Crippen LogP contribution in [0.15, 0.2) is 40.9 Å². The summed E-state index contributed by atoms with van der Waals surface area (Å²) < 4.78 is 28.2. The first-order chi connectivity index (χ1) is 9.51. The van der Waals surface area contributed by atoms with Crippen molar-refractivity contribution in [2.75, 3.05) is 0 Å². The fourth-order valence-electron chi connectivity index (χ4n) is 2.06. The van der Waals surface area contributed by atoms with Crippen LogP contribution in [0.25, 0.3) is 0 Å². The molecule has 0 bridgehead atoms. The van der Waals surface area contributed by atoms with E-state index in [-0.39, 0.29) is 0 Å². The molecule has 0 amide bonds. The van der Waals surface area contributed by atoms with Gasteiger partial charge in [0.25, 0.3) is 0 Å². The molecule has 2 nitrogen and oxygen atoms in total. The summed E-state index contributed by atoms with van der Waals surface area (Å²) in [7, 11) is 0. The number of hydrazine groups is 1. The first-order valence-corrected chi connectivity index (χ1v) is 6.96. The van der Waals surface area contributed by atoms with Gasteiger partial charge in [-0.2, -0.15) is 0 Å². The van der Waals surface area contributed by atoms with Crippen LogP contribution in [0.4, 0.5) is 8.78 Å². The average Bonchev–Trinajstić information content (AvgIpc) is 2.43. The molecular weight excluding hydrogens is 326 g/mol. The molecule has 0 fully saturated rings. The lowest BCUT2D eigenvalue weighted by Crippen LogP contribution is -2.30. The van der Waals surface area contributed by atoms with Crippen LogP contribution in [0.3, 0.4) is 0 Å². The van der Waals surface area contributed by atoms with Crippen LogP contribution in [0.5, 0.6) is 0 Å². The third kappa shape index (κ3) is 3.42. The highest BCUT2D eigenvalue weighted by Crippen LogP contribution is 2.24. The van der Waals surface area contributed by atoms with Gasteiger partial charge < -0.3 is 0 Å². The summed E-state index contributed by atoms with van der Waals surface area (Å²) in [4.78, 5) is 0. The van der Waals surface area contributed by atoms with Gasteiger partial charge in [-0.1, -0.05) is 28.1 Å². The summed E-state index contributed by atoms with van der Waals surface area (Å²) in [5.41, 5.74) is 4.38. The Morgan fingerprint density at radius 3 is 2.40 bits per heavy atom. The van der Waals surface area contributed by atoms with Gasteiger partial charge in [-0.05, 0) is 42.7 Å². The molecular formula is C15H15BrF2N2. The van der Waals surface area contributed by atoms with Crippen molar-refractivity contribution in [1.29, 1.82) is 0 Å². The molecule has 0 saturated heterocycles. The Labute approximate surface area is 125 Å². The minimum absolute atomic E-state index is 0.370. The smallest absolute Gasteiger partial charge is 0.130 e. The SMILES string of the molecule is Cc1cc(C(Cc2ccc(Br)cc2)NN)c(F)cc1F. The molecule has 0 spiro atoms. The van der Waals surface area contributed by atoms with Gasteiger partial charge in [-0.3, -0.25) is 11.3 Å². The summed E-state index contributed by atoms with van der Waals surface area (Å²) in [6.07, 6.45) is 0.520. The fourth-order valence-corrected chi connectivity index (χ4v) is 2.33. The molecule has 3 N–H and O–H groups in total. The van der Waals surface area contributed by atoms with E-state index < -0.39 is 17.7 Å². The Bertz CT molecular complexity index is 600. The fraction of sp³-hybridized carbons (Fsp3) is 0.200. The van der Waals surface area contributed by atoms with Crippen molar-refractivity contribution in [1.82, 2.24) is 5.43 Å². The normalized spacial score (nSPS) is 12.4. The van der Waals surface area contributed by atoms with E-state index in [4.69, 9.17) is 5.84 Å². The molecule has 0 aliphatic carbocycles. The highest BCUT2D eigenvalue weighted by Gasteiger charge is 2.17. The lowest BCUT2D eigenvalue weighted by molar-refractivity contribution is 0.500. The Morgan fingerprint density at radius 1 is 1.15 bits per heavy atom. The molecule has 0 saturated carbocycles. The van der Waals surface area contributed by atoms with Crippen LogP contribution in [0, 0.1) is 18.6 Å². The highest BCUT2D eigenvalue weighted by molar-refractivity contribution is 9.10. The van der Waals surface area contributed by atoms with E-state index in [1.165, 1.54) is 6.07 Å². The molecule has 0 aliphatic heterocycles. The summed E-state index contributed by atoms with van der Waals surface area (Å²) in [5, 5.41) is 0. The predicted molar refractivity (Wildman–Crippen MR) is 79.0 cm³/mol. The van der Waals surface area contributed by atoms with Gasteiger partial charge >= 0.3 is 0 Å². The van der Waals surface area contributed by atoms with Gasteiger partial charge in [0.15, 0.2) is 0 Å². The topological polar surface area (TPSA) is 38.0 Å². The summed E-state index contributed by atoms with van der Waals surface area (Å²) in [6, 6.07) is 9.68. The maximum absolute atomic E-state index is 13.9. The van der Waals surface area contributed by atoms with Crippen LogP contribution in [0.2, 0.25) is 0 Å². The second kappa shape index (κ2) is 6.43. The molecule has 0 heterocycles. The molecule has 5 heteroatoms. The second-order valence-electron chi connectivity index (χ2n) is 4.67. The number of nitrogens with one attached hydrogen (secondary N) is 1. The number of nitrogens with two attached hydrogens (primary N) is 1. The predicted octanol–water partition coefficient (Wildman–Crippen LogP) is 3.78. The summed E-state index contributed by atoms with van der Waals surface area (Å²) in [6.45, 7) is 1.60. The molecule has 2 aromatic carbocycles. The first kappa shape index (κ1) is 15.1. The zero-order valence-electron chi connectivity index (χ0n) is 11.0. The van der Waals surface area contributed by atoms with Crippen molar-refractivity contribution < 1.29 is 8.78 Å². The van der Waals surface area contributed by atoms with E-state index in [9.17, 15) is 8.78 Å². The van der Waals surface area contributed by atoms with Gasteiger partial charge in [0.05, 0.1) is 6.04 Å². The zero-order valence-corrected chi connectivity index (χ0v) is 12.5. The van der Waals surface area contributed by atoms with Gasteiger partial charge in [0.1, 0.15) is 11.6 Å². The first-order valence-electron chi connectivity index (χ1n) is 6.17. The summed E-state index contributed by atoms with van der Waals surface area (Å²) in [5.74, 6) is 4.38. The molecule has 1 atom stereocenters. The third-order valence-electron chi connectivity index (χ3n) is 3.21. The van der Waals surface area contributed by atoms with Crippen molar-refractivity contribution in [2.45, 2.75) is 19.4 Å². The third-order valence-corrected chi connectivity index (χ3v) is 3.74. The Morgan fingerprint density at radius 2 is 1.80 bits per heavy atom. The van der Waals surface area contributed by atoms with E-state index >= 15 is 0 Å². The minimum Gasteiger partial charge on any atom is -0.271 e. The van der Waals surface area contributed by atoms with E-state index in [2.05, 4.69) is 21.4 Å². The number of benzene rings is 2. The molecule has 2 aromatic rings. The maximum atomic E-state index is 13.9. The van der Waals surface area contributed by atoms with E-state index in [0.717, 1.165) is 16.1 Å². The van der Waals surface area contributed by atoms with E-state index in [0.29, 0.717) is 17.5 Å². The molecule has 20 heavy (non-hydrogen) atoms. The molecule has 2 rings (SSSR count). The Kier molecular flexibility index (Phi) is 4.86. The van der Waals surface area contributed by atoms with E-state index in [1.807, 2.05) is 24.3 Å². The lowest BCUT2D eigenvalue weighted by atomic mass is 9.97. The zero-order chi connectivity index (χ0) is 14.7. The van der Waals surface area contributed by atoms with Crippen LogP contribution in [-0.4, -0.2) is 0 Å². The quantitative estimate of drug-likeness (QED) is 0.656. The molecule has 0 aromatic heterocycles. The monoisotopic (exact) mass is 340 g/mol. The van der Waals surface area contributed by atoms with Gasteiger partial charge in [-0.25, -0.2) is 8.78 Å². The van der Waals surface area contributed by atoms with Crippen LogP contribution in [0.1, 0.15) is 22.7 Å². The number of hydrogen-bond donors (Lipinski definition) is 2. The Balaban J connectivity index is 2.28. The molecule has 106 valence electrons. The highest BCUT2D eigenvalue weighted by atomic mass is 79.9. The summed E-state index contributed by atoms with van der Waals surface area (Å²) >= 11 is 3.36. The van der Waals surface area contributed by atoms with Gasteiger partial charge in [0.2, 0.25) is 0 Å². The van der Waals surface area contributed by atoms with E-state index in [1.54, 1.807) is 6.92 Å². The van der Waals surface area contributed by atoms with Crippen molar-refractivity contribution >= 4 is 15.9 Å². The van der Waals surface area contributed by atoms with Crippen LogP contribution < -0.4 is 11.3 Å². The molecule has 0 aliphatic rings. The maximum Gasteiger partial charge on any atom is 0.130 e. The molecule has 1 unspecified atom stereocenters. The average molecular weight is 341 g/mol. The number of hydrogen-bond acceptors (Lipinski definition) is 2. The van der Waals surface area contributed by atoms with Gasteiger partial charge in [0, 0.05) is 16.1 Å². The second-order valence-corrected chi connectivity index (χ2v) is 5.59. The molecule has 0 radical (unpaired) electrons. The standard InChI is InChI=1S/C15H15BrF2N2/c1-9-6-12(14(18)8-13(9)17)15(20-19)7-10-2-4-11(16)5-3-10/h2-6,8,15,20H,7,19H2,1H3. The van der Waals surface area contributed by atoms with Gasteiger partial charge in [-0.15, -0.1) is 0 Å². The minimum atomic E-state index is -0.590. The number of aryl methyl sites for hydroxylation is 1.